The Morgan fingerprint density at radius 2 is 1.04 bits per heavy atom. The summed E-state index contributed by atoms with van der Waals surface area (Å²) >= 11 is 0. The summed E-state index contributed by atoms with van der Waals surface area (Å²) in [7, 11) is 0. The van der Waals surface area contributed by atoms with Crippen molar-refractivity contribution in [2.45, 2.75) is 24.7 Å². The van der Waals surface area contributed by atoms with Gasteiger partial charge in [-0.3, -0.25) is 0 Å². The molecule has 0 fully saturated rings. The van der Waals surface area contributed by atoms with Crippen molar-refractivity contribution in [2.75, 3.05) is 4.90 Å². The van der Waals surface area contributed by atoms with E-state index in [4.69, 9.17) is 4.42 Å². The van der Waals surface area contributed by atoms with Gasteiger partial charge in [-0.25, -0.2) is 0 Å². The quantitative estimate of drug-likeness (QED) is 0.197. The predicted molar refractivity (Wildman–Crippen MR) is 198 cm³/mol. The largest absolute Gasteiger partial charge is 0.456 e. The molecule has 0 amide bonds. The van der Waals surface area contributed by atoms with Crippen LogP contribution < -0.4 is 4.90 Å². The predicted octanol–water partition coefficient (Wildman–Crippen LogP) is 12.1. The lowest BCUT2D eigenvalue weighted by molar-refractivity contribution is 0.660. The standard InChI is InChI=1S/C46H33NO/c1-45(2)37-18-8-6-16-33(37)34-26-25-32(29-40(34)45)47-41-21-11-9-19-38(41)46(30-14-4-3-5-15-30,39-20-10-12-22-42(39)47)31-24-27-44-36(28-31)35-17-7-13-23-43(35)48-44/h3-29H,1-2H3. The van der Waals surface area contributed by atoms with Gasteiger partial charge in [0.25, 0.3) is 0 Å². The fourth-order valence-corrected chi connectivity index (χ4v) is 8.79. The molecule has 1 aliphatic heterocycles. The second kappa shape index (κ2) is 9.82. The molecule has 0 atom stereocenters. The van der Waals surface area contributed by atoms with Crippen molar-refractivity contribution in [3.8, 4) is 11.1 Å². The van der Waals surface area contributed by atoms with Crippen molar-refractivity contribution in [1.29, 1.82) is 0 Å². The number of rotatable bonds is 3. The molecule has 0 saturated carbocycles. The van der Waals surface area contributed by atoms with Crippen molar-refractivity contribution in [2.24, 2.45) is 0 Å². The first-order valence-corrected chi connectivity index (χ1v) is 16.8. The van der Waals surface area contributed by atoms with Crippen LogP contribution in [0.1, 0.15) is 47.2 Å². The second-order valence-corrected chi connectivity index (χ2v) is 13.7. The van der Waals surface area contributed by atoms with Crippen LogP contribution in [-0.4, -0.2) is 0 Å². The molecular weight excluding hydrogens is 583 g/mol. The summed E-state index contributed by atoms with van der Waals surface area (Å²) in [6.07, 6.45) is 0. The van der Waals surface area contributed by atoms with Crippen LogP contribution in [0.15, 0.2) is 168 Å². The van der Waals surface area contributed by atoms with Gasteiger partial charge >= 0.3 is 0 Å². The topological polar surface area (TPSA) is 16.4 Å². The van der Waals surface area contributed by atoms with E-state index >= 15 is 0 Å². The van der Waals surface area contributed by atoms with Gasteiger partial charge in [0.05, 0.1) is 16.8 Å². The Labute approximate surface area is 280 Å². The lowest BCUT2D eigenvalue weighted by Gasteiger charge is -2.46. The summed E-state index contributed by atoms with van der Waals surface area (Å²) in [4.78, 5) is 2.48. The number of benzene rings is 7. The molecule has 0 bridgehead atoms. The van der Waals surface area contributed by atoms with E-state index in [2.05, 4.69) is 176 Å². The molecule has 0 saturated heterocycles. The number of hydrogen-bond donors (Lipinski definition) is 0. The zero-order valence-electron chi connectivity index (χ0n) is 26.9. The molecule has 0 radical (unpaired) electrons. The van der Waals surface area contributed by atoms with Crippen LogP contribution in [0, 0.1) is 0 Å². The van der Waals surface area contributed by atoms with E-state index in [1.54, 1.807) is 0 Å². The van der Waals surface area contributed by atoms with E-state index in [9.17, 15) is 0 Å². The summed E-state index contributed by atoms with van der Waals surface area (Å²) in [5.74, 6) is 0. The first-order chi connectivity index (χ1) is 23.6. The van der Waals surface area contributed by atoms with E-state index in [-0.39, 0.29) is 5.41 Å². The Kier molecular flexibility index (Phi) is 5.58. The molecule has 2 heterocycles. The van der Waals surface area contributed by atoms with Gasteiger partial charge < -0.3 is 9.32 Å². The van der Waals surface area contributed by atoms with Crippen LogP contribution in [0.4, 0.5) is 17.1 Å². The van der Waals surface area contributed by atoms with Gasteiger partial charge in [-0.1, -0.05) is 135 Å². The lowest BCUT2D eigenvalue weighted by Crippen LogP contribution is -2.37. The van der Waals surface area contributed by atoms with E-state index in [1.165, 1.54) is 61.6 Å². The molecule has 0 spiro atoms. The fourth-order valence-electron chi connectivity index (χ4n) is 8.79. The number of hydrogen-bond acceptors (Lipinski definition) is 2. The maximum absolute atomic E-state index is 6.32. The number of nitrogens with zero attached hydrogens (tertiary/aromatic N) is 1. The van der Waals surface area contributed by atoms with Crippen LogP contribution >= 0.6 is 0 Å². The van der Waals surface area contributed by atoms with Crippen molar-refractivity contribution in [3.63, 3.8) is 0 Å². The highest BCUT2D eigenvalue weighted by molar-refractivity contribution is 6.05. The maximum Gasteiger partial charge on any atom is 0.135 e. The highest BCUT2D eigenvalue weighted by atomic mass is 16.3. The third kappa shape index (κ3) is 3.52. The van der Waals surface area contributed by atoms with Gasteiger partial charge in [0, 0.05) is 21.9 Å². The second-order valence-electron chi connectivity index (χ2n) is 13.7. The molecule has 10 rings (SSSR count). The average Bonchev–Trinajstić information content (AvgIpc) is 3.62. The van der Waals surface area contributed by atoms with Crippen LogP contribution in [0.3, 0.4) is 0 Å². The van der Waals surface area contributed by atoms with Crippen molar-refractivity contribution < 1.29 is 4.42 Å². The zero-order chi connectivity index (χ0) is 32.0. The molecule has 0 N–H and O–H groups in total. The summed E-state index contributed by atoms with van der Waals surface area (Å²) in [5, 5.41) is 2.27. The van der Waals surface area contributed by atoms with Crippen molar-refractivity contribution in [1.82, 2.24) is 0 Å². The molecule has 2 nitrogen and oxygen atoms in total. The molecule has 228 valence electrons. The number of furan rings is 1. The van der Waals surface area contributed by atoms with Gasteiger partial charge in [0.2, 0.25) is 0 Å². The third-order valence-corrected chi connectivity index (χ3v) is 10.9. The van der Waals surface area contributed by atoms with Gasteiger partial charge in [0.15, 0.2) is 0 Å². The normalized spacial score (nSPS) is 15.2. The summed E-state index contributed by atoms with van der Waals surface area (Å²) in [6, 6.07) is 60.1. The Balaban J connectivity index is 1.27. The van der Waals surface area contributed by atoms with E-state index in [1.807, 2.05) is 6.07 Å². The molecule has 2 heteroatoms. The van der Waals surface area contributed by atoms with Gasteiger partial charge in [-0.15, -0.1) is 0 Å². The van der Waals surface area contributed by atoms with E-state index in [0.29, 0.717) is 0 Å². The van der Waals surface area contributed by atoms with Crippen molar-refractivity contribution in [3.05, 3.63) is 197 Å². The van der Waals surface area contributed by atoms with E-state index < -0.39 is 5.41 Å². The zero-order valence-corrected chi connectivity index (χ0v) is 26.9. The molecule has 8 aromatic rings. The third-order valence-electron chi connectivity index (χ3n) is 10.9. The van der Waals surface area contributed by atoms with Crippen LogP contribution in [0.25, 0.3) is 33.1 Å². The van der Waals surface area contributed by atoms with Gasteiger partial charge in [-0.05, 0) is 87.0 Å². The maximum atomic E-state index is 6.32. The minimum Gasteiger partial charge on any atom is -0.456 e. The Hall–Kier alpha value is -5.86. The van der Waals surface area contributed by atoms with Gasteiger partial charge in [-0.2, -0.15) is 0 Å². The molecule has 0 unspecified atom stereocenters. The fraction of sp³-hybridized carbons (Fsp3) is 0.0870. The number of fused-ring (bicyclic) bond motifs is 8. The van der Waals surface area contributed by atoms with Crippen LogP contribution in [0.5, 0.6) is 0 Å². The average molecular weight is 616 g/mol. The Morgan fingerprint density at radius 1 is 0.438 bits per heavy atom. The first-order valence-electron chi connectivity index (χ1n) is 16.8. The number of para-hydroxylation sites is 3. The highest BCUT2D eigenvalue weighted by Crippen LogP contribution is 2.59. The summed E-state index contributed by atoms with van der Waals surface area (Å²) < 4.78 is 6.32. The summed E-state index contributed by atoms with van der Waals surface area (Å²) in [5.41, 5.74) is 15.1. The smallest absolute Gasteiger partial charge is 0.135 e. The SMILES string of the molecule is CC1(C)c2ccccc2-c2ccc(N3c4ccccc4C(c4ccccc4)(c4ccc5oc6ccccc6c5c4)c4ccccc43)cc21. The Bertz CT molecular complexity index is 2510. The van der Waals surface area contributed by atoms with E-state index in [0.717, 1.165) is 21.9 Å². The minimum atomic E-state index is -0.566. The summed E-state index contributed by atoms with van der Waals surface area (Å²) in [6.45, 7) is 4.71. The molecule has 48 heavy (non-hydrogen) atoms. The lowest BCUT2D eigenvalue weighted by atomic mass is 9.62. The first kappa shape index (κ1) is 27.3. The molecule has 1 aliphatic carbocycles. The molecule has 7 aromatic carbocycles. The van der Waals surface area contributed by atoms with Crippen molar-refractivity contribution >= 4 is 39.0 Å². The van der Waals surface area contributed by atoms with Gasteiger partial charge in [0.1, 0.15) is 11.2 Å². The number of anilines is 3. The monoisotopic (exact) mass is 615 g/mol. The molecular formula is C46H33NO. The van der Waals surface area contributed by atoms with Crippen LogP contribution in [0.2, 0.25) is 0 Å². The van der Waals surface area contributed by atoms with Crippen LogP contribution in [-0.2, 0) is 10.8 Å². The molecule has 1 aromatic heterocycles. The molecule has 2 aliphatic rings. The Morgan fingerprint density at radius 3 is 1.81 bits per heavy atom. The minimum absolute atomic E-state index is 0.0899. The highest BCUT2D eigenvalue weighted by Gasteiger charge is 2.47.